The molecular weight excluding hydrogens is 272 g/mol. The average Bonchev–Trinajstić information content (AvgIpc) is 2.81. The van der Waals surface area contributed by atoms with Crippen LogP contribution in [0.3, 0.4) is 0 Å². The molecule has 0 radical (unpaired) electrons. The molecule has 2 aromatic carbocycles. The van der Waals surface area contributed by atoms with Gasteiger partial charge >= 0.3 is 0 Å². The van der Waals surface area contributed by atoms with Gasteiger partial charge in [0.05, 0.1) is 7.11 Å². The first kappa shape index (κ1) is 14.6. The lowest BCUT2D eigenvalue weighted by atomic mass is 10.0. The lowest BCUT2D eigenvalue weighted by Gasteiger charge is -2.07. The first-order valence-corrected chi connectivity index (χ1v) is 7.51. The number of fused-ring (bicyclic) bond motifs is 1. The van der Waals surface area contributed by atoms with Crippen molar-refractivity contribution in [2.45, 2.75) is 13.3 Å². The number of hydrogen-bond donors (Lipinski definition) is 1. The summed E-state index contributed by atoms with van der Waals surface area (Å²) >= 11 is 0. The van der Waals surface area contributed by atoms with Crippen LogP contribution in [0.2, 0.25) is 0 Å². The molecule has 1 aliphatic rings. The molecule has 0 spiro atoms. The Morgan fingerprint density at radius 2 is 1.82 bits per heavy atom. The first-order valence-electron chi connectivity index (χ1n) is 7.51. The zero-order valence-electron chi connectivity index (χ0n) is 13.0. The summed E-state index contributed by atoms with van der Waals surface area (Å²) in [6.45, 7) is 2.29. The quantitative estimate of drug-likeness (QED) is 0.904. The van der Waals surface area contributed by atoms with E-state index in [0.717, 1.165) is 5.75 Å². The summed E-state index contributed by atoms with van der Waals surface area (Å²) in [6, 6.07) is 16.5. The number of aliphatic hydroxyl groups is 1. The zero-order valence-corrected chi connectivity index (χ0v) is 13.0. The fourth-order valence-electron chi connectivity index (χ4n) is 3.04. The van der Waals surface area contributed by atoms with Crippen molar-refractivity contribution in [3.8, 4) is 5.75 Å². The highest BCUT2D eigenvalue weighted by Crippen LogP contribution is 2.44. The van der Waals surface area contributed by atoms with E-state index in [9.17, 15) is 5.11 Å². The van der Waals surface area contributed by atoms with Crippen molar-refractivity contribution < 1.29 is 9.84 Å². The fraction of sp³-hybridized carbons (Fsp3) is 0.200. The molecule has 2 nitrogen and oxygen atoms in total. The predicted molar refractivity (Wildman–Crippen MR) is 91.6 cm³/mol. The summed E-state index contributed by atoms with van der Waals surface area (Å²) in [6.07, 6.45) is 2.88. The van der Waals surface area contributed by atoms with E-state index in [2.05, 4.69) is 37.3 Å². The van der Waals surface area contributed by atoms with Crippen LogP contribution in [0.1, 0.15) is 30.0 Å². The third kappa shape index (κ3) is 2.58. The predicted octanol–water partition coefficient (Wildman–Crippen LogP) is 4.41. The average molecular weight is 292 g/mol. The van der Waals surface area contributed by atoms with Gasteiger partial charge in [0.25, 0.3) is 0 Å². The van der Waals surface area contributed by atoms with Crippen molar-refractivity contribution in [2.75, 3.05) is 13.7 Å². The normalized spacial score (nSPS) is 15.3. The number of aliphatic hydroxyl groups excluding tert-OH is 1. The summed E-state index contributed by atoms with van der Waals surface area (Å²) in [5, 5.41) is 9.39. The van der Waals surface area contributed by atoms with Gasteiger partial charge in [0, 0.05) is 6.61 Å². The third-order valence-corrected chi connectivity index (χ3v) is 4.17. The summed E-state index contributed by atoms with van der Waals surface area (Å²) in [4.78, 5) is 0. The number of benzene rings is 2. The number of hydrogen-bond acceptors (Lipinski definition) is 2. The van der Waals surface area contributed by atoms with Gasteiger partial charge in [-0.2, -0.15) is 0 Å². The minimum absolute atomic E-state index is 0.155. The molecule has 112 valence electrons. The van der Waals surface area contributed by atoms with Crippen LogP contribution in [0, 0.1) is 0 Å². The van der Waals surface area contributed by atoms with E-state index < -0.39 is 0 Å². The number of allylic oxidation sites excluding steroid dienone is 2. The molecule has 0 bridgehead atoms. The van der Waals surface area contributed by atoms with Crippen molar-refractivity contribution in [1.29, 1.82) is 0 Å². The SMILES string of the molecule is COc1ccc2c(c1)C(CCO)=C(C)C2=Cc1ccccc1. The van der Waals surface area contributed by atoms with Crippen molar-refractivity contribution in [1.82, 2.24) is 0 Å². The maximum absolute atomic E-state index is 9.39. The molecule has 0 heterocycles. The molecule has 3 rings (SSSR count). The van der Waals surface area contributed by atoms with Gasteiger partial charge in [-0.1, -0.05) is 36.4 Å². The van der Waals surface area contributed by atoms with Crippen molar-refractivity contribution >= 4 is 17.2 Å². The van der Waals surface area contributed by atoms with Gasteiger partial charge < -0.3 is 9.84 Å². The van der Waals surface area contributed by atoms with Crippen LogP contribution < -0.4 is 4.74 Å². The Kier molecular flexibility index (Phi) is 4.12. The second kappa shape index (κ2) is 6.20. The van der Waals surface area contributed by atoms with Crippen LogP contribution in [-0.4, -0.2) is 18.8 Å². The summed E-state index contributed by atoms with van der Waals surface area (Å²) in [7, 11) is 1.68. The van der Waals surface area contributed by atoms with E-state index >= 15 is 0 Å². The second-order valence-corrected chi connectivity index (χ2v) is 5.46. The molecule has 0 fully saturated rings. The Labute approximate surface area is 131 Å². The summed E-state index contributed by atoms with van der Waals surface area (Å²) in [5.74, 6) is 0.850. The largest absolute Gasteiger partial charge is 0.497 e. The van der Waals surface area contributed by atoms with Crippen molar-refractivity contribution in [3.63, 3.8) is 0 Å². The molecule has 2 aromatic rings. The zero-order chi connectivity index (χ0) is 15.5. The molecular formula is C20H20O2. The smallest absolute Gasteiger partial charge is 0.119 e. The Hall–Kier alpha value is -2.32. The highest BCUT2D eigenvalue weighted by atomic mass is 16.5. The topological polar surface area (TPSA) is 29.5 Å². The van der Waals surface area contributed by atoms with Crippen LogP contribution in [0.25, 0.3) is 17.2 Å². The molecule has 0 atom stereocenters. The highest BCUT2D eigenvalue weighted by molar-refractivity contribution is 6.05. The van der Waals surface area contributed by atoms with Crippen LogP contribution in [0.4, 0.5) is 0 Å². The molecule has 0 aromatic heterocycles. The maximum atomic E-state index is 9.39. The van der Waals surface area contributed by atoms with Gasteiger partial charge in [-0.15, -0.1) is 0 Å². The highest BCUT2D eigenvalue weighted by Gasteiger charge is 2.23. The van der Waals surface area contributed by atoms with Crippen LogP contribution >= 0.6 is 0 Å². The number of ether oxygens (including phenoxy) is 1. The van der Waals surface area contributed by atoms with Crippen molar-refractivity contribution in [2.24, 2.45) is 0 Å². The Morgan fingerprint density at radius 3 is 2.50 bits per heavy atom. The van der Waals surface area contributed by atoms with Gasteiger partial charge in [0.1, 0.15) is 5.75 Å². The fourth-order valence-corrected chi connectivity index (χ4v) is 3.04. The maximum Gasteiger partial charge on any atom is 0.119 e. The minimum atomic E-state index is 0.155. The van der Waals surface area contributed by atoms with Gasteiger partial charge in [0.2, 0.25) is 0 Å². The molecule has 2 heteroatoms. The Balaban J connectivity index is 2.15. The van der Waals surface area contributed by atoms with E-state index in [-0.39, 0.29) is 6.61 Å². The standard InChI is InChI=1S/C20H20O2/c1-14-17(10-11-21)20-13-16(22-2)8-9-18(20)19(14)12-15-6-4-3-5-7-15/h3-9,12-13,21H,10-11H2,1-2H3. The Morgan fingerprint density at radius 1 is 1.05 bits per heavy atom. The third-order valence-electron chi connectivity index (χ3n) is 4.17. The lowest BCUT2D eigenvalue weighted by molar-refractivity contribution is 0.305. The molecule has 22 heavy (non-hydrogen) atoms. The van der Waals surface area contributed by atoms with Crippen LogP contribution in [-0.2, 0) is 0 Å². The monoisotopic (exact) mass is 292 g/mol. The van der Waals surface area contributed by atoms with Crippen molar-refractivity contribution in [3.05, 3.63) is 70.8 Å². The van der Waals surface area contributed by atoms with E-state index in [1.807, 2.05) is 24.3 Å². The molecule has 1 aliphatic carbocycles. The minimum Gasteiger partial charge on any atom is -0.497 e. The van der Waals surface area contributed by atoms with E-state index in [1.165, 1.54) is 33.4 Å². The van der Waals surface area contributed by atoms with Gasteiger partial charge in [0.15, 0.2) is 0 Å². The number of rotatable bonds is 4. The van der Waals surface area contributed by atoms with Gasteiger partial charge in [-0.05, 0) is 65.0 Å². The Bertz CT molecular complexity index is 740. The second-order valence-electron chi connectivity index (χ2n) is 5.46. The van der Waals surface area contributed by atoms with Crippen LogP contribution in [0.15, 0.2) is 54.1 Å². The van der Waals surface area contributed by atoms with E-state index in [0.29, 0.717) is 6.42 Å². The lowest BCUT2D eigenvalue weighted by Crippen LogP contribution is -1.90. The van der Waals surface area contributed by atoms with Crippen LogP contribution in [0.5, 0.6) is 5.75 Å². The summed E-state index contributed by atoms with van der Waals surface area (Å²) < 4.78 is 5.35. The molecule has 0 unspecified atom stereocenters. The van der Waals surface area contributed by atoms with Gasteiger partial charge in [-0.3, -0.25) is 0 Å². The van der Waals surface area contributed by atoms with E-state index in [1.54, 1.807) is 7.11 Å². The molecule has 0 saturated heterocycles. The van der Waals surface area contributed by atoms with E-state index in [4.69, 9.17) is 4.74 Å². The number of methoxy groups -OCH3 is 1. The molecule has 0 saturated carbocycles. The molecule has 0 aliphatic heterocycles. The molecule has 0 amide bonds. The molecule has 1 N–H and O–H groups in total. The van der Waals surface area contributed by atoms with Gasteiger partial charge in [-0.25, -0.2) is 0 Å². The summed E-state index contributed by atoms with van der Waals surface area (Å²) in [5.41, 5.74) is 7.24. The first-order chi connectivity index (χ1) is 10.7.